The summed E-state index contributed by atoms with van der Waals surface area (Å²) >= 11 is 1.47. The summed E-state index contributed by atoms with van der Waals surface area (Å²) in [6.07, 6.45) is 2.42. The maximum atomic E-state index is 12.9. The van der Waals surface area contributed by atoms with Crippen LogP contribution < -0.4 is 27.4 Å². The lowest BCUT2D eigenvalue weighted by Gasteiger charge is -2.26. The highest BCUT2D eigenvalue weighted by molar-refractivity contribution is 7.98. The van der Waals surface area contributed by atoms with Gasteiger partial charge >= 0.3 is 5.97 Å². The van der Waals surface area contributed by atoms with E-state index in [0.29, 0.717) is 12.2 Å². The number of hydrogen-bond donors (Lipinski definition) is 6. The zero-order valence-electron chi connectivity index (χ0n) is 20.1. The first-order chi connectivity index (χ1) is 15.3. The molecule has 0 bridgehead atoms. The molecular weight excluding hydrogens is 450 g/mol. The predicted octanol–water partition coefficient (Wildman–Crippen LogP) is -0.427. The molecule has 5 unspecified atom stereocenters. The smallest absolute Gasteiger partial charge is 0.326 e. The molecule has 0 radical (unpaired) electrons. The molecule has 4 amide bonds. The molecule has 0 aliphatic heterocycles. The van der Waals surface area contributed by atoms with Gasteiger partial charge in [0.25, 0.3) is 0 Å². The van der Waals surface area contributed by atoms with E-state index in [1.807, 2.05) is 20.1 Å². The summed E-state index contributed by atoms with van der Waals surface area (Å²) < 4.78 is 0. The molecule has 11 nitrogen and oxygen atoms in total. The third kappa shape index (κ3) is 11.9. The van der Waals surface area contributed by atoms with Gasteiger partial charge in [0.1, 0.15) is 18.1 Å². The monoisotopic (exact) mass is 489 g/mol. The SMILES string of the molecule is CCC(C)C(N)C(=O)NC(CCSC)C(=O)NC(CC(N)=O)C(=O)NC(CC(C)C)C(=O)O. The fraction of sp³-hybridized carbons (Fsp3) is 0.762. The van der Waals surface area contributed by atoms with Gasteiger partial charge in [-0.2, -0.15) is 11.8 Å². The summed E-state index contributed by atoms with van der Waals surface area (Å²) in [5.41, 5.74) is 11.2. The maximum Gasteiger partial charge on any atom is 0.326 e. The number of aliphatic carboxylic acids is 1. The summed E-state index contributed by atoms with van der Waals surface area (Å²) in [5, 5.41) is 16.8. The van der Waals surface area contributed by atoms with E-state index >= 15 is 0 Å². The zero-order valence-corrected chi connectivity index (χ0v) is 20.9. The highest BCUT2D eigenvalue weighted by Crippen LogP contribution is 2.09. The van der Waals surface area contributed by atoms with Crippen molar-refractivity contribution >= 4 is 41.4 Å². The van der Waals surface area contributed by atoms with Gasteiger partial charge in [0.15, 0.2) is 0 Å². The minimum absolute atomic E-state index is 0.0172. The van der Waals surface area contributed by atoms with Gasteiger partial charge in [0.05, 0.1) is 12.5 Å². The Morgan fingerprint density at radius 1 is 0.909 bits per heavy atom. The van der Waals surface area contributed by atoms with Crippen LogP contribution in [-0.2, 0) is 24.0 Å². The Bertz CT molecular complexity index is 690. The van der Waals surface area contributed by atoms with Crippen molar-refractivity contribution in [3.8, 4) is 0 Å². The number of carboxylic acids is 1. The lowest BCUT2D eigenvalue weighted by molar-refractivity contribution is -0.143. The van der Waals surface area contributed by atoms with Crippen LogP contribution in [0, 0.1) is 11.8 Å². The molecule has 0 saturated carbocycles. The molecule has 0 aliphatic carbocycles. The molecule has 12 heteroatoms. The number of thioether (sulfide) groups is 1. The van der Waals surface area contributed by atoms with Crippen LogP contribution in [0.25, 0.3) is 0 Å². The van der Waals surface area contributed by atoms with Crippen LogP contribution in [0.2, 0.25) is 0 Å². The van der Waals surface area contributed by atoms with Gasteiger partial charge in [-0.15, -0.1) is 0 Å². The topological polar surface area (TPSA) is 194 Å². The van der Waals surface area contributed by atoms with Crippen LogP contribution in [0.15, 0.2) is 0 Å². The molecule has 33 heavy (non-hydrogen) atoms. The van der Waals surface area contributed by atoms with Crippen molar-refractivity contribution in [2.75, 3.05) is 12.0 Å². The van der Waals surface area contributed by atoms with E-state index in [1.165, 1.54) is 11.8 Å². The Kier molecular flexibility index (Phi) is 14.4. The first-order valence-corrected chi connectivity index (χ1v) is 12.4. The second-order valence-electron chi connectivity index (χ2n) is 8.51. The average molecular weight is 490 g/mol. The number of rotatable bonds is 16. The van der Waals surface area contributed by atoms with Gasteiger partial charge < -0.3 is 32.5 Å². The summed E-state index contributed by atoms with van der Waals surface area (Å²) in [4.78, 5) is 61.1. The van der Waals surface area contributed by atoms with Gasteiger partial charge in [0.2, 0.25) is 23.6 Å². The molecule has 0 aliphatic rings. The lowest BCUT2D eigenvalue weighted by Crippen LogP contribution is -2.58. The Morgan fingerprint density at radius 2 is 1.42 bits per heavy atom. The van der Waals surface area contributed by atoms with Crippen molar-refractivity contribution in [2.24, 2.45) is 23.3 Å². The van der Waals surface area contributed by atoms with Crippen LogP contribution in [-0.4, -0.2) is 70.9 Å². The number of amides is 4. The van der Waals surface area contributed by atoms with E-state index < -0.39 is 60.2 Å². The Morgan fingerprint density at radius 3 is 1.88 bits per heavy atom. The molecule has 0 heterocycles. The summed E-state index contributed by atoms with van der Waals surface area (Å²) in [6, 6.07) is -4.38. The van der Waals surface area contributed by atoms with Crippen molar-refractivity contribution in [1.29, 1.82) is 0 Å². The second kappa shape index (κ2) is 15.5. The minimum atomic E-state index is -1.39. The van der Waals surface area contributed by atoms with Gasteiger partial charge in [-0.1, -0.05) is 34.1 Å². The quantitative estimate of drug-likeness (QED) is 0.168. The normalized spacial score (nSPS) is 15.6. The van der Waals surface area contributed by atoms with E-state index in [2.05, 4.69) is 16.0 Å². The Balaban J connectivity index is 5.51. The van der Waals surface area contributed by atoms with Crippen LogP contribution >= 0.6 is 11.8 Å². The van der Waals surface area contributed by atoms with Crippen molar-refractivity contribution in [3.05, 3.63) is 0 Å². The number of primary amides is 1. The minimum Gasteiger partial charge on any atom is -0.480 e. The number of carboxylic acid groups (broad SMARTS) is 1. The molecule has 8 N–H and O–H groups in total. The summed E-state index contributed by atoms with van der Waals surface area (Å²) in [6.45, 7) is 7.32. The molecule has 0 rings (SSSR count). The highest BCUT2D eigenvalue weighted by Gasteiger charge is 2.31. The van der Waals surface area contributed by atoms with E-state index in [1.54, 1.807) is 13.8 Å². The van der Waals surface area contributed by atoms with Gasteiger partial charge in [-0.25, -0.2) is 4.79 Å². The predicted molar refractivity (Wildman–Crippen MR) is 127 cm³/mol. The highest BCUT2D eigenvalue weighted by atomic mass is 32.2. The number of hydrogen-bond acceptors (Lipinski definition) is 7. The summed E-state index contributed by atoms with van der Waals surface area (Å²) in [7, 11) is 0. The number of carbonyl (C=O) groups excluding carboxylic acids is 4. The number of nitrogens with one attached hydrogen (secondary N) is 3. The third-order valence-electron chi connectivity index (χ3n) is 5.16. The molecule has 0 aromatic carbocycles. The molecule has 190 valence electrons. The van der Waals surface area contributed by atoms with Crippen molar-refractivity contribution in [1.82, 2.24) is 16.0 Å². The maximum absolute atomic E-state index is 12.9. The second-order valence-corrected chi connectivity index (χ2v) is 9.50. The lowest BCUT2D eigenvalue weighted by atomic mass is 9.99. The van der Waals surface area contributed by atoms with Crippen LogP contribution in [0.4, 0.5) is 0 Å². The molecule has 0 aromatic rings. The van der Waals surface area contributed by atoms with Gasteiger partial charge in [0, 0.05) is 0 Å². The molecule has 0 spiro atoms. The number of carbonyl (C=O) groups is 5. The van der Waals surface area contributed by atoms with E-state index in [0.717, 1.165) is 0 Å². The van der Waals surface area contributed by atoms with Crippen LogP contribution in [0.5, 0.6) is 0 Å². The fourth-order valence-corrected chi connectivity index (χ4v) is 3.40. The zero-order chi connectivity index (χ0) is 25.7. The number of nitrogens with two attached hydrogens (primary N) is 2. The van der Waals surface area contributed by atoms with Crippen LogP contribution in [0.3, 0.4) is 0 Å². The van der Waals surface area contributed by atoms with E-state index in [9.17, 15) is 29.1 Å². The fourth-order valence-electron chi connectivity index (χ4n) is 2.93. The average Bonchev–Trinajstić information content (AvgIpc) is 2.73. The third-order valence-corrected chi connectivity index (χ3v) is 5.81. The molecular formula is C21H39N5O6S. The van der Waals surface area contributed by atoms with E-state index in [-0.39, 0.29) is 24.7 Å². The molecule has 0 saturated heterocycles. The van der Waals surface area contributed by atoms with Crippen molar-refractivity contribution in [2.45, 2.75) is 77.5 Å². The van der Waals surface area contributed by atoms with Gasteiger partial charge in [-0.3, -0.25) is 19.2 Å². The molecule has 0 fully saturated rings. The Hall–Kier alpha value is -2.34. The Labute approximate surface area is 199 Å². The first-order valence-electron chi connectivity index (χ1n) is 11.0. The van der Waals surface area contributed by atoms with E-state index in [4.69, 9.17) is 11.5 Å². The first kappa shape index (κ1) is 30.7. The summed E-state index contributed by atoms with van der Waals surface area (Å²) in [5.74, 6) is -3.69. The molecule has 0 aromatic heterocycles. The standard InChI is InChI=1S/C21H39N5O6S/c1-6-12(4)17(23)20(30)24-13(7-8-33-5)18(28)25-14(10-16(22)27)19(29)26-15(21(31)32)9-11(2)3/h11-15,17H,6-10,23H2,1-5H3,(H2,22,27)(H,24,30)(H,25,28)(H,26,29)(H,31,32). The van der Waals surface area contributed by atoms with Crippen molar-refractivity contribution < 1.29 is 29.1 Å². The molecule has 5 atom stereocenters. The van der Waals surface area contributed by atoms with Crippen molar-refractivity contribution in [3.63, 3.8) is 0 Å². The van der Waals surface area contributed by atoms with Crippen LogP contribution in [0.1, 0.15) is 53.4 Å². The largest absolute Gasteiger partial charge is 0.480 e. The van der Waals surface area contributed by atoms with Gasteiger partial charge in [-0.05, 0) is 36.7 Å².